The maximum Gasteiger partial charge on any atom is 0.308 e. The molecule has 0 amide bonds. The molecule has 114 valence electrons. The summed E-state index contributed by atoms with van der Waals surface area (Å²) in [5.74, 6) is -3.62. The molecule has 2 heterocycles. The number of hydrogen-bond acceptors (Lipinski definition) is 4. The number of likely N-dealkylation sites (tertiary alicyclic amines) is 1. The second-order valence-electron chi connectivity index (χ2n) is 6.48. The quantitative estimate of drug-likeness (QED) is 0.803. The Kier molecular flexibility index (Phi) is 4.34. The van der Waals surface area contributed by atoms with Crippen molar-refractivity contribution in [3.05, 3.63) is 0 Å². The van der Waals surface area contributed by atoms with E-state index in [2.05, 4.69) is 13.8 Å². The highest BCUT2D eigenvalue weighted by atomic mass is 16.5. The van der Waals surface area contributed by atoms with Crippen LogP contribution < -0.4 is 0 Å². The second-order valence-corrected chi connectivity index (χ2v) is 6.48. The van der Waals surface area contributed by atoms with Crippen molar-refractivity contribution in [1.29, 1.82) is 0 Å². The molecular formula is C14H23NO5. The minimum Gasteiger partial charge on any atom is -0.481 e. The number of ether oxygens (including phenoxy) is 1. The molecule has 2 N–H and O–H groups in total. The number of carboxylic acids is 2. The zero-order valence-electron chi connectivity index (χ0n) is 12.0. The van der Waals surface area contributed by atoms with Gasteiger partial charge in [0.25, 0.3) is 0 Å². The van der Waals surface area contributed by atoms with Gasteiger partial charge in [-0.2, -0.15) is 0 Å². The predicted octanol–water partition coefficient (Wildman–Crippen LogP) is 1.05. The van der Waals surface area contributed by atoms with Crippen LogP contribution in [0.2, 0.25) is 0 Å². The standard InChI is InChI=1S/C14H23NO5/c1-14(2)5-3-9(20-14)7-15-6-4-10(12(16)17)11(8-15)13(18)19/h9-11H,3-8H2,1-2H3,(H,16,17)(H,18,19). The van der Waals surface area contributed by atoms with E-state index in [1.807, 2.05) is 4.90 Å². The first kappa shape index (κ1) is 15.3. The van der Waals surface area contributed by atoms with Crippen LogP contribution in [-0.4, -0.2) is 58.4 Å². The molecule has 0 aromatic heterocycles. The van der Waals surface area contributed by atoms with Crippen LogP contribution in [0.4, 0.5) is 0 Å². The first-order chi connectivity index (χ1) is 9.28. The van der Waals surface area contributed by atoms with Crippen molar-refractivity contribution >= 4 is 11.9 Å². The van der Waals surface area contributed by atoms with Crippen LogP contribution in [0.3, 0.4) is 0 Å². The van der Waals surface area contributed by atoms with Gasteiger partial charge >= 0.3 is 11.9 Å². The van der Waals surface area contributed by atoms with Gasteiger partial charge in [0.1, 0.15) is 0 Å². The van der Waals surface area contributed by atoms with E-state index < -0.39 is 23.8 Å². The Hall–Kier alpha value is -1.14. The summed E-state index contributed by atoms with van der Waals surface area (Å²) in [5, 5.41) is 18.3. The molecule has 0 aromatic carbocycles. The minimum atomic E-state index is -1.02. The van der Waals surface area contributed by atoms with Crippen LogP contribution in [0.1, 0.15) is 33.1 Å². The van der Waals surface area contributed by atoms with E-state index in [1.165, 1.54) is 0 Å². The molecule has 6 nitrogen and oxygen atoms in total. The van der Waals surface area contributed by atoms with Gasteiger partial charge < -0.3 is 14.9 Å². The zero-order valence-corrected chi connectivity index (χ0v) is 12.0. The van der Waals surface area contributed by atoms with Gasteiger partial charge in [0.15, 0.2) is 0 Å². The summed E-state index contributed by atoms with van der Waals surface area (Å²) in [4.78, 5) is 24.4. The SMILES string of the molecule is CC1(C)CCC(CN2CCC(C(=O)O)C(C(=O)O)C2)O1. The maximum atomic E-state index is 11.2. The molecule has 3 atom stereocenters. The number of aliphatic carboxylic acids is 2. The van der Waals surface area contributed by atoms with E-state index in [1.54, 1.807) is 0 Å². The van der Waals surface area contributed by atoms with Gasteiger partial charge in [-0.15, -0.1) is 0 Å². The molecule has 0 aromatic rings. The normalized spacial score (nSPS) is 34.0. The monoisotopic (exact) mass is 285 g/mol. The predicted molar refractivity (Wildman–Crippen MR) is 71.5 cm³/mol. The lowest BCUT2D eigenvalue weighted by atomic mass is 9.85. The number of hydrogen-bond donors (Lipinski definition) is 2. The Morgan fingerprint density at radius 3 is 2.35 bits per heavy atom. The summed E-state index contributed by atoms with van der Waals surface area (Å²) in [6, 6.07) is 0. The number of carboxylic acid groups (broad SMARTS) is 2. The van der Waals surface area contributed by atoms with Gasteiger partial charge in [-0.05, 0) is 39.7 Å². The van der Waals surface area contributed by atoms with E-state index in [9.17, 15) is 14.7 Å². The van der Waals surface area contributed by atoms with Gasteiger partial charge in [-0.3, -0.25) is 14.5 Å². The highest BCUT2D eigenvalue weighted by Crippen LogP contribution is 2.31. The fourth-order valence-electron chi connectivity index (χ4n) is 3.23. The molecule has 3 unspecified atom stereocenters. The van der Waals surface area contributed by atoms with Crippen LogP contribution in [-0.2, 0) is 14.3 Å². The lowest BCUT2D eigenvalue weighted by molar-refractivity contribution is -0.157. The van der Waals surface area contributed by atoms with E-state index in [-0.39, 0.29) is 11.7 Å². The molecule has 2 saturated heterocycles. The van der Waals surface area contributed by atoms with Crippen molar-refractivity contribution in [2.75, 3.05) is 19.6 Å². The third-order valence-corrected chi connectivity index (χ3v) is 4.35. The van der Waals surface area contributed by atoms with Crippen molar-refractivity contribution in [3.63, 3.8) is 0 Å². The highest BCUT2D eigenvalue weighted by Gasteiger charge is 2.40. The summed E-state index contributed by atoms with van der Waals surface area (Å²) in [7, 11) is 0. The maximum absolute atomic E-state index is 11.2. The number of carbonyl (C=O) groups is 2. The summed E-state index contributed by atoms with van der Waals surface area (Å²) in [6.07, 6.45) is 2.50. The lowest BCUT2D eigenvalue weighted by Gasteiger charge is -2.36. The Bertz CT molecular complexity index is 395. The second kappa shape index (κ2) is 5.69. The highest BCUT2D eigenvalue weighted by molar-refractivity contribution is 5.80. The van der Waals surface area contributed by atoms with Crippen LogP contribution in [0.5, 0.6) is 0 Å². The molecule has 6 heteroatoms. The molecule has 2 aliphatic rings. The molecule has 2 rings (SSSR count). The Morgan fingerprint density at radius 2 is 1.85 bits per heavy atom. The number of nitrogens with zero attached hydrogens (tertiary/aromatic N) is 1. The van der Waals surface area contributed by atoms with Gasteiger partial charge in [0.2, 0.25) is 0 Å². The third kappa shape index (κ3) is 3.49. The molecular weight excluding hydrogens is 262 g/mol. The smallest absolute Gasteiger partial charge is 0.308 e. The molecule has 0 radical (unpaired) electrons. The molecule has 0 aliphatic carbocycles. The van der Waals surface area contributed by atoms with Crippen LogP contribution in [0.25, 0.3) is 0 Å². The average molecular weight is 285 g/mol. The van der Waals surface area contributed by atoms with Crippen LogP contribution >= 0.6 is 0 Å². The molecule has 0 bridgehead atoms. The number of piperidine rings is 1. The molecule has 2 aliphatic heterocycles. The Labute approximate surface area is 118 Å². The van der Waals surface area contributed by atoms with E-state index in [0.717, 1.165) is 12.8 Å². The Morgan fingerprint density at radius 1 is 1.20 bits per heavy atom. The lowest BCUT2D eigenvalue weighted by Crippen LogP contribution is -2.48. The topological polar surface area (TPSA) is 87.1 Å². The summed E-state index contributed by atoms with van der Waals surface area (Å²) in [5.41, 5.74) is -0.101. The first-order valence-corrected chi connectivity index (χ1v) is 7.14. The molecule has 0 saturated carbocycles. The van der Waals surface area contributed by atoms with Crippen molar-refractivity contribution in [3.8, 4) is 0 Å². The molecule has 0 spiro atoms. The van der Waals surface area contributed by atoms with E-state index in [0.29, 0.717) is 26.1 Å². The minimum absolute atomic E-state index is 0.101. The number of rotatable bonds is 4. The Balaban J connectivity index is 1.92. The summed E-state index contributed by atoms with van der Waals surface area (Å²) < 4.78 is 5.92. The first-order valence-electron chi connectivity index (χ1n) is 7.14. The van der Waals surface area contributed by atoms with Gasteiger partial charge in [0.05, 0.1) is 23.5 Å². The molecule has 20 heavy (non-hydrogen) atoms. The molecule has 2 fully saturated rings. The van der Waals surface area contributed by atoms with Crippen LogP contribution in [0.15, 0.2) is 0 Å². The largest absolute Gasteiger partial charge is 0.481 e. The van der Waals surface area contributed by atoms with E-state index >= 15 is 0 Å². The van der Waals surface area contributed by atoms with Gasteiger partial charge in [0, 0.05) is 13.1 Å². The van der Waals surface area contributed by atoms with E-state index in [4.69, 9.17) is 9.84 Å². The zero-order chi connectivity index (χ0) is 14.9. The fraction of sp³-hybridized carbons (Fsp3) is 0.857. The van der Waals surface area contributed by atoms with Gasteiger partial charge in [-0.1, -0.05) is 0 Å². The summed E-state index contributed by atoms with van der Waals surface area (Å²) in [6.45, 7) is 5.74. The van der Waals surface area contributed by atoms with Crippen molar-refractivity contribution < 1.29 is 24.5 Å². The van der Waals surface area contributed by atoms with Crippen molar-refractivity contribution in [2.45, 2.75) is 44.8 Å². The van der Waals surface area contributed by atoms with Crippen LogP contribution in [0, 0.1) is 11.8 Å². The fourth-order valence-corrected chi connectivity index (χ4v) is 3.23. The third-order valence-electron chi connectivity index (χ3n) is 4.35. The average Bonchev–Trinajstić information content (AvgIpc) is 2.68. The summed E-state index contributed by atoms with van der Waals surface area (Å²) >= 11 is 0. The van der Waals surface area contributed by atoms with Crippen molar-refractivity contribution in [2.24, 2.45) is 11.8 Å². The van der Waals surface area contributed by atoms with Crippen molar-refractivity contribution in [1.82, 2.24) is 4.90 Å². The van der Waals surface area contributed by atoms with Gasteiger partial charge in [-0.25, -0.2) is 0 Å².